The number of thiazole rings is 1. The number of aromatic nitrogens is 2. The monoisotopic (exact) mass is 263 g/mol. The van der Waals surface area contributed by atoms with Crippen LogP contribution >= 0.6 is 11.3 Å². The van der Waals surface area contributed by atoms with Gasteiger partial charge in [-0.2, -0.15) is 0 Å². The zero-order valence-corrected chi connectivity index (χ0v) is 10.8. The van der Waals surface area contributed by atoms with Crippen molar-refractivity contribution in [1.82, 2.24) is 10.1 Å². The first kappa shape index (κ1) is 11.4. The molecule has 3 rings (SSSR count). The van der Waals surface area contributed by atoms with Crippen molar-refractivity contribution in [3.63, 3.8) is 0 Å². The Kier molecular flexibility index (Phi) is 2.87. The van der Waals surface area contributed by atoms with Crippen LogP contribution in [-0.2, 0) is 17.6 Å². The summed E-state index contributed by atoms with van der Waals surface area (Å²) in [4.78, 5) is 17.6. The highest BCUT2D eigenvalue weighted by atomic mass is 32.1. The summed E-state index contributed by atoms with van der Waals surface area (Å²) in [6.07, 6.45) is 2.51. The molecule has 0 saturated heterocycles. The summed E-state index contributed by atoms with van der Waals surface area (Å²) in [5.74, 6) is 1.21. The van der Waals surface area contributed by atoms with Gasteiger partial charge in [-0.05, 0) is 26.2 Å². The maximum atomic E-state index is 12.1. The summed E-state index contributed by atoms with van der Waals surface area (Å²) in [6.45, 7) is 1.80. The van der Waals surface area contributed by atoms with Gasteiger partial charge in [-0.3, -0.25) is 4.79 Å². The molecule has 1 N–H and O–H groups in total. The van der Waals surface area contributed by atoms with Gasteiger partial charge in [0, 0.05) is 16.9 Å². The molecule has 2 aromatic heterocycles. The number of hydrogen-bond acceptors (Lipinski definition) is 5. The predicted molar refractivity (Wildman–Crippen MR) is 67.5 cm³/mol. The summed E-state index contributed by atoms with van der Waals surface area (Å²) in [7, 11) is 0. The minimum Gasteiger partial charge on any atom is -0.360 e. The van der Waals surface area contributed by atoms with Crippen molar-refractivity contribution in [3.05, 3.63) is 27.9 Å². The highest BCUT2D eigenvalue weighted by Gasteiger charge is 2.26. The largest absolute Gasteiger partial charge is 0.360 e. The van der Waals surface area contributed by atoms with E-state index >= 15 is 0 Å². The highest BCUT2D eigenvalue weighted by Crippen LogP contribution is 2.28. The minimum absolute atomic E-state index is 0.00922. The highest BCUT2D eigenvalue weighted by molar-refractivity contribution is 7.09. The maximum absolute atomic E-state index is 12.1. The van der Waals surface area contributed by atoms with Crippen molar-refractivity contribution in [2.24, 2.45) is 5.92 Å². The number of aryl methyl sites for hydroxylation is 2. The van der Waals surface area contributed by atoms with E-state index in [9.17, 15) is 4.79 Å². The van der Waals surface area contributed by atoms with Gasteiger partial charge in [0.05, 0.1) is 11.2 Å². The van der Waals surface area contributed by atoms with Crippen LogP contribution in [0.2, 0.25) is 0 Å². The van der Waals surface area contributed by atoms with Gasteiger partial charge in [-0.15, -0.1) is 11.3 Å². The van der Waals surface area contributed by atoms with E-state index in [1.54, 1.807) is 24.3 Å². The molecule has 0 fully saturated rings. The van der Waals surface area contributed by atoms with E-state index in [0.29, 0.717) is 11.6 Å². The van der Waals surface area contributed by atoms with Gasteiger partial charge in [0.25, 0.3) is 0 Å². The Morgan fingerprint density at radius 3 is 3.28 bits per heavy atom. The standard InChI is InChI=1S/C12H13N3O2S/c1-7-4-11(15-17-7)14-12(16)8-2-3-9-10(5-8)18-6-13-9/h4,6,8H,2-3,5H2,1H3,(H,14,15,16). The van der Waals surface area contributed by atoms with E-state index in [0.717, 1.165) is 25.0 Å². The molecule has 1 amide bonds. The molecular weight excluding hydrogens is 250 g/mol. The van der Waals surface area contributed by atoms with E-state index in [2.05, 4.69) is 15.5 Å². The molecule has 1 unspecified atom stereocenters. The van der Waals surface area contributed by atoms with E-state index in [1.165, 1.54) is 4.88 Å². The van der Waals surface area contributed by atoms with Gasteiger partial charge in [0.15, 0.2) is 5.82 Å². The Labute approximate surface area is 108 Å². The average molecular weight is 263 g/mol. The normalized spacial score (nSPS) is 18.4. The molecule has 0 radical (unpaired) electrons. The van der Waals surface area contributed by atoms with Crippen LogP contribution < -0.4 is 5.32 Å². The maximum Gasteiger partial charge on any atom is 0.229 e. The second-order valence-electron chi connectivity index (χ2n) is 4.47. The predicted octanol–water partition coefficient (Wildman–Crippen LogP) is 2.18. The fourth-order valence-corrected chi connectivity index (χ4v) is 3.07. The number of amides is 1. The first-order chi connectivity index (χ1) is 8.72. The van der Waals surface area contributed by atoms with E-state index in [-0.39, 0.29) is 11.8 Å². The van der Waals surface area contributed by atoms with Crippen LogP contribution in [0.15, 0.2) is 16.1 Å². The topological polar surface area (TPSA) is 68.0 Å². The van der Waals surface area contributed by atoms with E-state index in [4.69, 9.17) is 4.52 Å². The van der Waals surface area contributed by atoms with Crippen LogP contribution in [-0.4, -0.2) is 16.0 Å². The van der Waals surface area contributed by atoms with Gasteiger partial charge < -0.3 is 9.84 Å². The smallest absolute Gasteiger partial charge is 0.229 e. The summed E-state index contributed by atoms with van der Waals surface area (Å²) in [5.41, 5.74) is 3.01. The third-order valence-corrected chi connectivity index (χ3v) is 4.03. The number of anilines is 1. The van der Waals surface area contributed by atoms with Crippen LogP contribution in [0.5, 0.6) is 0 Å². The van der Waals surface area contributed by atoms with Gasteiger partial charge in [-0.1, -0.05) is 5.16 Å². The van der Waals surface area contributed by atoms with Crippen molar-refractivity contribution < 1.29 is 9.32 Å². The number of fused-ring (bicyclic) bond motifs is 1. The summed E-state index contributed by atoms with van der Waals surface area (Å²) in [6, 6.07) is 1.72. The zero-order valence-electron chi connectivity index (χ0n) is 9.97. The molecule has 5 nitrogen and oxygen atoms in total. The van der Waals surface area contributed by atoms with E-state index < -0.39 is 0 Å². The lowest BCUT2D eigenvalue weighted by Crippen LogP contribution is -2.27. The summed E-state index contributed by atoms with van der Waals surface area (Å²) in [5, 5.41) is 6.56. The summed E-state index contributed by atoms with van der Waals surface area (Å²) >= 11 is 1.63. The Hall–Kier alpha value is -1.69. The van der Waals surface area contributed by atoms with Gasteiger partial charge in [-0.25, -0.2) is 4.98 Å². The molecule has 1 aliphatic rings. The first-order valence-electron chi connectivity index (χ1n) is 5.88. The Morgan fingerprint density at radius 1 is 1.61 bits per heavy atom. The molecule has 0 aromatic carbocycles. The summed E-state index contributed by atoms with van der Waals surface area (Å²) < 4.78 is 4.92. The lowest BCUT2D eigenvalue weighted by molar-refractivity contribution is -0.120. The number of carbonyl (C=O) groups excluding carboxylic acids is 1. The number of nitrogens with zero attached hydrogens (tertiary/aromatic N) is 2. The Balaban J connectivity index is 1.67. The van der Waals surface area contributed by atoms with Gasteiger partial charge in [0.1, 0.15) is 5.76 Å². The van der Waals surface area contributed by atoms with Crippen LogP contribution in [0.1, 0.15) is 22.8 Å². The molecule has 0 bridgehead atoms. The van der Waals surface area contributed by atoms with E-state index in [1.807, 2.05) is 5.51 Å². The van der Waals surface area contributed by atoms with Gasteiger partial charge in [0.2, 0.25) is 5.91 Å². The van der Waals surface area contributed by atoms with Crippen molar-refractivity contribution in [3.8, 4) is 0 Å². The quantitative estimate of drug-likeness (QED) is 0.901. The fraction of sp³-hybridized carbons (Fsp3) is 0.417. The van der Waals surface area contributed by atoms with Crippen molar-refractivity contribution in [1.29, 1.82) is 0 Å². The second-order valence-corrected chi connectivity index (χ2v) is 5.41. The van der Waals surface area contributed by atoms with Crippen LogP contribution in [0.25, 0.3) is 0 Å². The third-order valence-electron chi connectivity index (χ3n) is 3.14. The van der Waals surface area contributed by atoms with Crippen LogP contribution in [0.4, 0.5) is 5.82 Å². The molecule has 2 aromatic rings. The molecule has 1 aliphatic carbocycles. The molecular formula is C12H13N3O2S. The molecule has 6 heteroatoms. The van der Waals surface area contributed by atoms with Crippen LogP contribution in [0.3, 0.4) is 0 Å². The van der Waals surface area contributed by atoms with Crippen LogP contribution in [0, 0.1) is 12.8 Å². The number of nitrogens with one attached hydrogen (secondary N) is 1. The van der Waals surface area contributed by atoms with Crippen molar-refractivity contribution in [2.75, 3.05) is 5.32 Å². The molecule has 0 spiro atoms. The number of rotatable bonds is 2. The molecule has 1 atom stereocenters. The third kappa shape index (κ3) is 2.15. The molecule has 0 aliphatic heterocycles. The lowest BCUT2D eigenvalue weighted by Gasteiger charge is -2.19. The molecule has 18 heavy (non-hydrogen) atoms. The Bertz CT molecular complexity index is 575. The molecule has 2 heterocycles. The van der Waals surface area contributed by atoms with Gasteiger partial charge >= 0.3 is 0 Å². The zero-order chi connectivity index (χ0) is 12.5. The number of carbonyl (C=O) groups is 1. The number of hydrogen-bond donors (Lipinski definition) is 1. The lowest BCUT2D eigenvalue weighted by atomic mass is 9.90. The van der Waals surface area contributed by atoms with Crippen molar-refractivity contribution in [2.45, 2.75) is 26.2 Å². The molecule has 0 saturated carbocycles. The SMILES string of the molecule is Cc1cc(NC(=O)C2CCc3ncsc3C2)no1. The molecule has 94 valence electrons. The fourth-order valence-electron chi connectivity index (χ4n) is 2.18. The average Bonchev–Trinajstić information content (AvgIpc) is 2.96. The second kappa shape index (κ2) is 4.53. The first-order valence-corrected chi connectivity index (χ1v) is 6.76. The Morgan fingerprint density at radius 2 is 2.50 bits per heavy atom. The van der Waals surface area contributed by atoms with Crippen molar-refractivity contribution >= 4 is 23.1 Å². The minimum atomic E-state index is 0.00922.